The van der Waals surface area contributed by atoms with E-state index in [0.29, 0.717) is 19.0 Å². The molecular formula is C18H17Cl2N3O4. The number of halogens is 2. The Labute approximate surface area is 166 Å². The van der Waals surface area contributed by atoms with Crippen molar-refractivity contribution in [1.82, 2.24) is 4.98 Å². The summed E-state index contributed by atoms with van der Waals surface area (Å²) in [6.45, 7) is 2.94. The molecule has 0 aliphatic carbocycles. The number of carbonyl (C=O) groups is 2. The van der Waals surface area contributed by atoms with Gasteiger partial charge in [-0.15, -0.1) is 0 Å². The first-order valence-electron chi connectivity index (χ1n) is 8.17. The zero-order valence-electron chi connectivity index (χ0n) is 14.5. The van der Waals surface area contributed by atoms with Gasteiger partial charge in [0.2, 0.25) is 0 Å². The topological polar surface area (TPSA) is 80.8 Å². The van der Waals surface area contributed by atoms with Crippen molar-refractivity contribution in [2.75, 3.05) is 43.6 Å². The number of pyridine rings is 1. The molecular weight excluding hydrogens is 393 g/mol. The van der Waals surface area contributed by atoms with Gasteiger partial charge in [0.25, 0.3) is 5.91 Å². The fraction of sp³-hybridized carbons (Fsp3) is 0.278. The van der Waals surface area contributed by atoms with E-state index >= 15 is 0 Å². The van der Waals surface area contributed by atoms with Gasteiger partial charge in [0.15, 0.2) is 0 Å². The Hall–Kier alpha value is -2.35. The Morgan fingerprint density at radius 3 is 2.59 bits per heavy atom. The van der Waals surface area contributed by atoms with E-state index in [1.54, 1.807) is 12.3 Å². The summed E-state index contributed by atoms with van der Waals surface area (Å²) >= 11 is 12.1. The standard InChI is InChI=1S/C18H17Cl2N3O4/c1-26-18(25)11-8-13(16(20)14(19)9-11)17(24)22-15-3-2-12(10-21-15)23-4-6-27-7-5-23/h2-3,8-10H,4-7H2,1H3,(H,21,22,24). The third-order valence-corrected chi connectivity index (χ3v) is 4.86. The third-order valence-electron chi connectivity index (χ3n) is 4.06. The number of ether oxygens (including phenoxy) is 2. The van der Waals surface area contributed by atoms with E-state index in [9.17, 15) is 9.59 Å². The zero-order chi connectivity index (χ0) is 19.4. The minimum absolute atomic E-state index is 0.0479. The van der Waals surface area contributed by atoms with Crippen LogP contribution in [0.5, 0.6) is 0 Å². The van der Waals surface area contributed by atoms with Gasteiger partial charge in [0.05, 0.1) is 53.4 Å². The number of anilines is 2. The first-order chi connectivity index (χ1) is 13.0. The molecule has 0 radical (unpaired) electrons. The number of carbonyl (C=O) groups excluding carboxylic acids is 2. The van der Waals surface area contributed by atoms with Crippen molar-refractivity contribution < 1.29 is 19.1 Å². The van der Waals surface area contributed by atoms with Crippen molar-refractivity contribution in [2.45, 2.75) is 0 Å². The normalized spacial score (nSPS) is 14.0. The highest BCUT2D eigenvalue weighted by Gasteiger charge is 2.19. The van der Waals surface area contributed by atoms with Crippen LogP contribution in [0.15, 0.2) is 30.5 Å². The molecule has 1 amide bonds. The number of amides is 1. The van der Waals surface area contributed by atoms with Crippen molar-refractivity contribution in [2.24, 2.45) is 0 Å². The second kappa shape index (κ2) is 8.56. The largest absolute Gasteiger partial charge is 0.465 e. The first-order valence-corrected chi connectivity index (χ1v) is 8.92. The Morgan fingerprint density at radius 1 is 1.22 bits per heavy atom. The lowest BCUT2D eigenvalue weighted by Crippen LogP contribution is -2.36. The summed E-state index contributed by atoms with van der Waals surface area (Å²) in [4.78, 5) is 30.7. The number of nitrogens with one attached hydrogen (secondary N) is 1. The summed E-state index contributed by atoms with van der Waals surface area (Å²) in [5.41, 5.74) is 1.14. The summed E-state index contributed by atoms with van der Waals surface area (Å²) in [5, 5.41) is 2.78. The lowest BCUT2D eigenvalue weighted by molar-refractivity contribution is 0.0600. The van der Waals surface area contributed by atoms with Gasteiger partial charge in [-0.1, -0.05) is 23.2 Å². The van der Waals surface area contributed by atoms with Crippen LogP contribution in [0.25, 0.3) is 0 Å². The average Bonchev–Trinajstić information content (AvgIpc) is 2.70. The van der Waals surface area contributed by atoms with Gasteiger partial charge in [-0.25, -0.2) is 9.78 Å². The van der Waals surface area contributed by atoms with Crippen molar-refractivity contribution in [3.63, 3.8) is 0 Å². The number of esters is 1. The predicted molar refractivity (Wildman–Crippen MR) is 103 cm³/mol. The molecule has 0 spiro atoms. The molecule has 2 heterocycles. The van der Waals surface area contributed by atoms with Crippen LogP contribution in [0.1, 0.15) is 20.7 Å². The van der Waals surface area contributed by atoms with Gasteiger partial charge in [-0.05, 0) is 24.3 Å². The molecule has 0 bridgehead atoms. The van der Waals surface area contributed by atoms with E-state index in [4.69, 9.17) is 27.9 Å². The molecule has 0 saturated carbocycles. The molecule has 0 atom stereocenters. The monoisotopic (exact) mass is 409 g/mol. The quantitative estimate of drug-likeness (QED) is 0.780. The van der Waals surface area contributed by atoms with Crippen LogP contribution in [0.2, 0.25) is 10.0 Å². The van der Waals surface area contributed by atoms with E-state index in [1.807, 2.05) is 6.07 Å². The van der Waals surface area contributed by atoms with Crippen LogP contribution in [-0.2, 0) is 9.47 Å². The minimum Gasteiger partial charge on any atom is -0.465 e. The predicted octanol–water partition coefficient (Wildman–Crippen LogP) is 3.26. The minimum atomic E-state index is -0.615. The molecule has 1 aliphatic heterocycles. The van der Waals surface area contributed by atoms with Crippen LogP contribution in [-0.4, -0.2) is 50.3 Å². The maximum absolute atomic E-state index is 12.6. The van der Waals surface area contributed by atoms with Crippen LogP contribution >= 0.6 is 23.2 Å². The maximum atomic E-state index is 12.6. The molecule has 3 rings (SSSR count). The van der Waals surface area contributed by atoms with E-state index in [-0.39, 0.29) is 21.2 Å². The number of hydrogen-bond acceptors (Lipinski definition) is 6. The van der Waals surface area contributed by atoms with E-state index in [2.05, 4.69) is 19.9 Å². The van der Waals surface area contributed by atoms with Crippen molar-refractivity contribution >= 4 is 46.6 Å². The molecule has 1 aromatic heterocycles. The van der Waals surface area contributed by atoms with Crippen molar-refractivity contribution in [3.05, 3.63) is 51.6 Å². The van der Waals surface area contributed by atoms with Gasteiger partial charge in [-0.2, -0.15) is 0 Å². The summed E-state index contributed by atoms with van der Waals surface area (Å²) in [7, 11) is 1.24. The number of nitrogens with zero attached hydrogens (tertiary/aromatic N) is 2. The van der Waals surface area contributed by atoms with E-state index < -0.39 is 11.9 Å². The number of benzene rings is 1. The molecule has 9 heteroatoms. The molecule has 142 valence electrons. The third kappa shape index (κ3) is 4.50. The lowest BCUT2D eigenvalue weighted by Gasteiger charge is -2.28. The number of morpholine rings is 1. The number of hydrogen-bond donors (Lipinski definition) is 1. The molecule has 27 heavy (non-hydrogen) atoms. The number of methoxy groups -OCH3 is 1. The molecule has 1 aromatic carbocycles. The van der Waals surface area contributed by atoms with Crippen molar-refractivity contribution in [3.8, 4) is 0 Å². The highest BCUT2D eigenvalue weighted by molar-refractivity contribution is 6.44. The first kappa shape index (κ1) is 19.4. The number of aromatic nitrogens is 1. The van der Waals surface area contributed by atoms with Crippen LogP contribution in [0.3, 0.4) is 0 Å². The van der Waals surface area contributed by atoms with Gasteiger partial charge in [-0.3, -0.25) is 4.79 Å². The summed E-state index contributed by atoms with van der Waals surface area (Å²) in [6, 6.07) is 6.25. The smallest absolute Gasteiger partial charge is 0.337 e. The Morgan fingerprint density at radius 2 is 1.96 bits per heavy atom. The van der Waals surface area contributed by atoms with Gasteiger partial charge >= 0.3 is 5.97 Å². The van der Waals surface area contributed by atoms with Crippen LogP contribution < -0.4 is 10.2 Å². The Balaban J connectivity index is 1.77. The van der Waals surface area contributed by atoms with Gasteiger partial charge < -0.3 is 19.7 Å². The second-order valence-electron chi connectivity index (χ2n) is 5.77. The van der Waals surface area contributed by atoms with Crippen LogP contribution in [0.4, 0.5) is 11.5 Å². The SMILES string of the molecule is COC(=O)c1cc(Cl)c(Cl)c(C(=O)Nc2ccc(N3CCOCC3)cn2)c1. The second-order valence-corrected chi connectivity index (χ2v) is 6.55. The fourth-order valence-corrected chi connectivity index (χ4v) is 3.06. The Bertz CT molecular complexity index is 852. The van der Waals surface area contributed by atoms with E-state index in [1.165, 1.54) is 19.2 Å². The summed E-state index contributed by atoms with van der Waals surface area (Å²) in [6.07, 6.45) is 1.68. The summed E-state index contributed by atoms with van der Waals surface area (Å²) < 4.78 is 9.98. The van der Waals surface area contributed by atoms with Crippen molar-refractivity contribution in [1.29, 1.82) is 0 Å². The molecule has 0 unspecified atom stereocenters. The maximum Gasteiger partial charge on any atom is 0.337 e. The van der Waals surface area contributed by atoms with Crippen LogP contribution in [0, 0.1) is 0 Å². The molecule has 7 nitrogen and oxygen atoms in total. The number of rotatable bonds is 4. The average molecular weight is 410 g/mol. The van der Waals surface area contributed by atoms with E-state index in [0.717, 1.165) is 18.8 Å². The highest BCUT2D eigenvalue weighted by atomic mass is 35.5. The zero-order valence-corrected chi connectivity index (χ0v) is 16.0. The molecule has 1 saturated heterocycles. The molecule has 2 aromatic rings. The van der Waals surface area contributed by atoms with Gasteiger partial charge in [0.1, 0.15) is 5.82 Å². The highest BCUT2D eigenvalue weighted by Crippen LogP contribution is 2.29. The lowest BCUT2D eigenvalue weighted by atomic mass is 10.1. The fourth-order valence-electron chi connectivity index (χ4n) is 2.64. The Kier molecular flexibility index (Phi) is 6.15. The summed E-state index contributed by atoms with van der Waals surface area (Å²) in [5.74, 6) is -0.789. The van der Waals surface area contributed by atoms with Gasteiger partial charge in [0, 0.05) is 13.1 Å². The molecule has 1 fully saturated rings. The molecule has 1 N–H and O–H groups in total. The molecule has 1 aliphatic rings.